The van der Waals surface area contributed by atoms with Crippen molar-refractivity contribution in [3.05, 3.63) is 63.6 Å². The molecule has 0 saturated carbocycles. The molecule has 0 aliphatic carbocycles. The van der Waals surface area contributed by atoms with Crippen LogP contribution in [0, 0.1) is 11.8 Å². The van der Waals surface area contributed by atoms with E-state index in [0.717, 1.165) is 0 Å². The summed E-state index contributed by atoms with van der Waals surface area (Å²) in [6, 6.07) is 11.6. The van der Waals surface area contributed by atoms with Crippen LogP contribution in [-0.4, -0.2) is 35.6 Å². The Labute approximate surface area is 175 Å². The molecular formula is C20H15Cl2NO4S. The zero-order chi connectivity index (χ0) is 20.2. The van der Waals surface area contributed by atoms with E-state index in [2.05, 4.69) is 0 Å². The van der Waals surface area contributed by atoms with Crippen molar-refractivity contribution in [2.24, 2.45) is 11.8 Å². The van der Waals surface area contributed by atoms with Crippen molar-refractivity contribution < 1.29 is 19.5 Å². The number of halogens is 2. The predicted octanol–water partition coefficient (Wildman–Crippen LogP) is 4.11. The number of carbonyl (C=O) groups excluding carboxylic acids is 2. The standard InChI is InChI=1S/C20H15Cl2NO4S/c1-23-15-5-3-2-4-12(15)20(19(23)27)16(11(9-28-20)18(25)26)17(24)10-6-7-13(21)14(22)8-10/h2-8,11,16H,9H2,1H3,(H,25,26)/t11-,16-,20?/m1/s1. The van der Waals surface area contributed by atoms with Crippen molar-refractivity contribution in [1.29, 1.82) is 0 Å². The van der Waals surface area contributed by atoms with Crippen molar-refractivity contribution in [1.82, 2.24) is 0 Å². The Morgan fingerprint density at radius 1 is 1.18 bits per heavy atom. The van der Waals surface area contributed by atoms with E-state index in [1.54, 1.807) is 25.2 Å². The molecule has 5 nitrogen and oxygen atoms in total. The van der Waals surface area contributed by atoms with E-state index in [1.807, 2.05) is 6.07 Å². The van der Waals surface area contributed by atoms with Crippen LogP contribution in [0.15, 0.2) is 42.5 Å². The lowest BCUT2D eigenvalue weighted by molar-refractivity contribution is -0.142. The molecule has 4 rings (SSSR count). The van der Waals surface area contributed by atoms with Crippen molar-refractivity contribution in [3.63, 3.8) is 0 Å². The highest BCUT2D eigenvalue weighted by Crippen LogP contribution is 2.60. The van der Waals surface area contributed by atoms with Gasteiger partial charge in [0.2, 0.25) is 5.91 Å². The van der Waals surface area contributed by atoms with Crippen LogP contribution < -0.4 is 4.90 Å². The number of Topliss-reactive ketones (excluding diaryl/α,β-unsaturated/α-hetero) is 1. The molecule has 2 aliphatic rings. The van der Waals surface area contributed by atoms with Crippen LogP contribution in [0.5, 0.6) is 0 Å². The Morgan fingerprint density at radius 2 is 1.89 bits per heavy atom. The number of ketones is 1. The molecule has 8 heteroatoms. The van der Waals surface area contributed by atoms with Gasteiger partial charge in [0.15, 0.2) is 5.78 Å². The van der Waals surface area contributed by atoms with Gasteiger partial charge in [0.05, 0.1) is 21.9 Å². The number of hydrogen-bond donors (Lipinski definition) is 1. The molecule has 28 heavy (non-hydrogen) atoms. The number of benzene rings is 2. The molecule has 2 aliphatic heterocycles. The van der Waals surface area contributed by atoms with Gasteiger partial charge in [0.1, 0.15) is 4.75 Å². The number of hydrogen-bond acceptors (Lipinski definition) is 4. The van der Waals surface area contributed by atoms with E-state index < -0.39 is 28.3 Å². The molecule has 1 amide bonds. The lowest BCUT2D eigenvalue weighted by atomic mass is 9.74. The number of fused-ring (bicyclic) bond motifs is 2. The minimum atomic E-state index is -1.27. The van der Waals surface area contributed by atoms with Gasteiger partial charge in [-0.15, -0.1) is 11.8 Å². The predicted molar refractivity (Wildman–Crippen MR) is 109 cm³/mol. The van der Waals surface area contributed by atoms with Crippen molar-refractivity contribution in [3.8, 4) is 0 Å². The average Bonchev–Trinajstić information content (AvgIpc) is 3.18. The van der Waals surface area contributed by atoms with Crippen LogP contribution in [0.1, 0.15) is 15.9 Å². The number of carboxylic acids is 1. The lowest BCUT2D eigenvalue weighted by Crippen LogP contribution is -2.45. The van der Waals surface area contributed by atoms with Gasteiger partial charge in [-0.3, -0.25) is 14.4 Å². The Hall–Kier alpha value is -2.02. The maximum absolute atomic E-state index is 13.5. The zero-order valence-corrected chi connectivity index (χ0v) is 17.0. The summed E-state index contributed by atoms with van der Waals surface area (Å²) in [6.07, 6.45) is 0. The summed E-state index contributed by atoms with van der Waals surface area (Å²) < 4.78 is -1.27. The number of amides is 1. The zero-order valence-electron chi connectivity index (χ0n) is 14.7. The third-order valence-electron chi connectivity index (χ3n) is 5.42. The average molecular weight is 436 g/mol. The Bertz CT molecular complexity index is 1030. The van der Waals surface area contributed by atoms with E-state index in [4.69, 9.17) is 23.2 Å². The van der Waals surface area contributed by atoms with Gasteiger partial charge in [-0.2, -0.15) is 0 Å². The normalized spacial score (nSPS) is 26.0. The van der Waals surface area contributed by atoms with E-state index in [0.29, 0.717) is 16.3 Å². The first-order valence-electron chi connectivity index (χ1n) is 8.52. The smallest absolute Gasteiger partial charge is 0.308 e. The molecule has 2 heterocycles. The first-order valence-corrected chi connectivity index (χ1v) is 10.3. The second-order valence-corrected chi connectivity index (χ2v) is 8.92. The van der Waals surface area contributed by atoms with E-state index in [-0.39, 0.29) is 22.2 Å². The van der Waals surface area contributed by atoms with Crippen LogP contribution in [0.3, 0.4) is 0 Å². The first kappa shape index (κ1) is 19.3. The summed E-state index contributed by atoms with van der Waals surface area (Å²) in [5, 5.41) is 10.3. The monoisotopic (exact) mass is 435 g/mol. The highest BCUT2D eigenvalue weighted by atomic mass is 35.5. The van der Waals surface area contributed by atoms with Crippen LogP contribution in [0.25, 0.3) is 0 Å². The molecule has 1 spiro atoms. The van der Waals surface area contributed by atoms with Crippen LogP contribution in [0.2, 0.25) is 10.0 Å². The molecule has 2 aromatic carbocycles. The first-order chi connectivity index (χ1) is 13.3. The Balaban J connectivity index is 1.90. The molecule has 1 N–H and O–H groups in total. The fourth-order valence-corrected chi connectivity index (χ4v) is 6.21. The number of carboxylic acid groups (broad SMARTS) is 1. The van der Waals surface area contributed by atoms with Crippen molar-refractivity contribution in [2.45, 2.75) is 4.75 Å². The van der Waals surface area contributed by atoms with E-state index in [1.165, 1.54) is 34.9 Å². The molecule has 0 radical (unpaired) electrons. The highest BCUT2D eigenvalue weighted by molar-refractivity contribution is 8.01. The summed E-state index contributed by atoms with van der Waals surface area (Å²) in [6.45, 7) is 0. The molecule has 1 saturated heterocycles. The molecule has 3 atom stereocenters. The number of carbonyl (C=O) groups is 3. The fourth-order valence-electron chi connectivity index (χ4n) is 4.09. The molecule has 2 aromatic rings. The lowest BCUT2D eigenvalue weighted by Gasteiger charge is -2.30. The second-order valence-electron chi connectivity index (χ2n) is 6.84. The largest absolute Gasteiger partial charge is 0.481 e. The number of aliphatic carboxylic acids is 1. The summed E-state index contributed by atoms with van der Waals surface area (Å²) in [4.78, 5) is 40.3. The van der Waals surface area contributed by atoms with Gasteiger partial charge in [0.25, 0.3) is 0 Å². The van der Waals surface area contributed by atoms with Gasteiger partial charge in [-0.1, -0.05) is 41.4 Å². The highest BCUT2D eigenvalue weighted by Gasteiger charge is 2.64. The van der Waals surface area contributed by atoms with Gasteiger partial charge < -0.3 is 10.0 Å². The quantitative estimate of drug-likeness (QED) is 0.734. The second kappa shape index (κ2) is 6.79. The van der Waals surface area contributed by atoms with Gasteiger partial charge in [0, 0.05) is 29.6 Å². The summed E-state index contributed by atoms with van der Waals surface area (Å²) in [7, 11) is 1.64. The number of nitrogens with zero attached hydrogens (tertiary/aromatic N) is 1. The summed E-state index contributed by atoms with van der Waals surface area (Å²) in [5.41, 5.74) is 1.61. The van der Waals surface area contributed by atoms with Crippen LogP contribution in [0.4, 0.5) is 5.69 Å². The number of rotatable bonds is 3. The minimum absolute atomic E-state index is 0.168. The summed E-state index contributed by atoms with van der Waals surface area (Å²) >= 11 is 13.2. The topological polar surface area (TPSA) is 74.7 Å². The number of para-hydroxylation sites is 1. The minimum Gasteiger partial charge on any atom is -0.481 e. The maximum atomic E-state index is 13.5. The molecule has 0 aromatic heterocycles. The molecule has 1 fully saturated rings. The summed E-state index contributed by atoms with van der Waals surface area (Å²) in [5.74, 6) is -3.67. The SMILES string of the molecule is CN1C(=O)C2(SC[C@@H](C(=O)O)[C@@H]2C(=O)c2ccc(Cl)c(Cl)c2)c2ccccc21. The third kappa shape index (κ3) is 2.59. The van der Waals surface area contributed by atoms with Gasteiger partial charge >= 0.3 is 5.97 Å². The van der Waals surface area contributed by atoms with Gasteiger partial charge in [-0.25, -0.2) is 0 Å². The number of likely N-dealkylation sites (N-methyl/N-ethyl adjacent to an activating group) is 1. The van der Waals surface area contributed by atoms with Crippen molar-refractivity contribution >= 4 is 58.3 Å². The third-order valence-corrected chi connectivity index (χ3v) is 7.79. The molecule has 0 bridgehead atoms. The maximum Gasteiger partial charge on any atom is 0.308 e. The van der Waals surface area contributed by atoms with Crippen molar-refractivity contribution in [2.75, 3.05) is 17.7 Å². The van der Waals surface area contributed by atoms with Crippen LogP contribution >= 0.6 is 35.0 Å². The fraction of sp³-hybridized carbons (Fsp3) is 0.250. The van der Waals surface area contributed by atoms with Crippen LogP contribution in [-0.2, 0) is 14.3 Å². The molecular weight excluding hydrogens is 421 g/mol. The molecule has 1 unspecified atom stereocenters. The van der Waals surface area contributed by atoms with Gasteiger partial charge in [-0.05, 0) is 24.3 Å². The Kier molecular flexibility index (Phi) is 4.68. The van der Waals surface area contributed by atoms with E-state index in [9.17, 15) is 19.5 Å². The number of thioether (sulfide) groups is 1. The Morgan fingerprint density at radius 3 is 2.57 bits per heavy atom. The molecule has 144 valence electrons. The van der Waals surface area contributed by atoms with E-state index >= 15 is 0 Å². The number of anilines is 1.